The van der Waals surface area contributed by atoms with E-state index in [-0.39, 0.29) is 5.91 Å². The molecule has 0 spiro atoms. The van der Waals surface area contributed by atoms with Gasteiger partial charge in [0.1, 0.15) is 5.76 Å². The summed E-state index contributed by atoms with van der Waals surface area (Å²) in [5, 5.41) is 7.32. The lowest BCUT2D eigenvalue weighted by molar-refractivity contribution is -0.132. The van der Waals surface area contributed by atoms with Crippen LogP contribution in [0.5, 0.6) is 0 Å². The SMILES string of the molecule is Cc1noc(C)c1CC(=O)N1CCN(C2CCNC2)CC1. The number of aryl methyl sites for hydroxylation is 2. The molecule has 1 aromatic rings. The van der Waals surface area contributed by atoms with Gasteiger partial charge in [-0.25, -0.2) is 0 Å². The smallest absolute Gasteiger partial charge is 0.227 e. The summed E-state index contributed by atoms with van der Waals surface area (Å²) in [6.07, 6.45) is 1.64. The van der Waals surface area contributed by atoms with Crippen LogP contribution in [-0.2, 0) is 11.2 Å². The maximum absolute atomic E-state index is 12.4. The average molecular weight is 292 g/mol. The van der Waals surface area contributed by atoms with Gasteiger partial charge in [-0.05, 0) is 26.8 Å². The van der Waals surface area contributed by atoms with E-state index < -0.39 is 0 Å². The van der Waals surface area contributed by atoms with E-state index >= 15 is 0 Å². The third-order valence-electron chi connectivity index (χ3n) is 4.73. The zero-order chi connectivity index (χ0) is 14.8. The molecule has 0 radical (unpaired) electrons. The first kappa shape index (κ1) is 14.5. The first-order valence-electron chi connectivity index (χ1n) is 7.79. The summed E-state index contributed by atoms with van der Waals surface area (Å²) in [5.41, 5.74) is 1.78. The number of hydrogen-bond acceptors (Lipinski definition) is 5. The summed E-state index contributed by atoms with van der Waals surface area (Å²) in [6.45, 7) is 9.61. The van der Waals surface area contributed by atoms with Crippen molar-refractivity contribution in [3.05, 3.63) is 17.0 Å². The Morgan fingerprint density at radius 1 is 1.33 bits per heavy atom. The first-order chi connectivity index (χ1) is 10.1. The van der Waals surface area contributed by atoms with Crippen LogP contribution in [0.4, 0.5) is 0 Å². The van der Waals surface area contributed by atoms with Crippen molar-refractivity contribution in [2.75, 3.05) is 39.3 Å². The summed E-state index contributed by atoms with van der Waals surface area (Å²) in [5.74, 6) is 0.949. The molecule has 0 bridgehead atoms. The predicted octanol–water partition coefficient (Wildman–Crippen LogP) is 0.340. The van der Waals surface area contributed by atoms with Crippen LogP contribution in [0.3, 0.4) is 0 Å². The van der Waals surface area contributed by atoms with Gasteiger partial charge in [-0.2, -0.15) is 0 Å². The Kier molecular flexibility index (Phi) is 4.26. The van der Waals surface area contributed by atoms with E-state index in [0.29, 0.717) is 12.5 Å². The minimum atomic E-state index is 0.189. The molecule has 3 heterocycles. The number of carbonyl (C=O) groups excluding carboxylic acids is 1. The van der Waals surface area contributed by atoms with Gasteiger partial charge in [0.05, 0.1) is 12.1 Å². The summed E-state index contributed by atoms with van der Waals surface area (Å²) in [6, 6.07) is 0.657. The molecule has 2 fully saturated rings. The van der Waals surface area contributed by atoms with Crippen molar-refractivity contribution in [3.63, 3.8) is 0 Å². The zero-order valence-corrected chi connectivity index (χ0v) is 12.9. The van der Waals surface area contributed by atoms with Crippen LogP contribution in [0.2, 0.25) is 0 Å². The summed E-state index contributed by atoms with van der Waals surface area (Å²) >= 11 is 0. The second-order valence-electron chi connectivity index (χ2n) is 6.04. The minimum absolute atomic E-state index is 0.189. The Bertz CT molecular complexity index is 480. The number of hydrogen-bond donors (Lipinski definition) is 1. The Morgan fingerprint density at radius 2 is 2.10 bits per heavy atom. The van der Waals surface area contributed by atoms with Gasteiger partial charge >= 0.3 is 0 Å². The number of nitrogens with one attached hydrogen (secondary N) is 1. The molecule has 2 saturated heterocycles. The molecule has 1 aromatic heterocycles. The van der Waals surface area contributed by atoms with Gasteiger partial charge in [-0.15, -0.1) is 0 Å². The maximum atomic E-state index is 12.4. The van der Waals surface area contributed by atoms with Gasteiger partial charge in [0, 0.05) is 44.3 Å². The lowest BCUT2D eigenvalue weighted by atomic mass is 10.1. The Labute approximate surface area is 125 Å². The fourth-order valence-corrected chi connectivity index (χ4v) is 3.30. The normalized spacial score (nSPS) is 23.7. The molecule has 0 aliphatic carbocycles. The van der Waals surface area contributed by atoms with E-state index in [1.807, 2.05) is 18.7 Å². The van der Waals surface area contributed by atoms with Crippen LogP contribution in [0, 0.1) is 13.8 Å². The van der Waals surface area contributed by atoms with Crippen LogP contribution < -0.4 is 5.32 Å². The molecule has 6 heteroatoms. The number of piperazine rings is 1. The molecule has 2 aliphatic rings. The van der Waals surface area contributed by atoms with Crippen molar-refractivity contribution >= 4 is 5.91 Å². The van der Waals surface area contributed by atoms with Crippen LogP contribution in [-0.4, -0.2) is 66.2 Å². The van der Waals surface area contributed by atoms with Crippen LogP contribution in [0.25, 0.3) is 0 Å². The Hall–Kier alpha value is -1.40. The van der Waals surface area contributed by atoms with Crippen molar-refractivity contribution < 1.29 is 9.32 Å². The first-order valence-corrected chi connectivity index (χ1v) is 7.79. The molecule has 1 amide bonds. The molecule has 116 valence electrons. The summed E-state index contributed by atoms with van der Waals surface area (Å²) in [4.78, 5) is 16.9. The molecule has 1 N–H and O–H groups in total. The third kappa shape index (κ3) is 3.11. The number of nitrogens with zero attached hydrogens (tertiary/aromatic N) is 3. The summed E-state index contributed by atoms with van der Waals surface area (Å²) in [7, 11) is 0. The molecule has 0 saturated carbocycles. The highest BCUT2D eigenvalue weighted by Gasteiger charge is 2.28. The van der Waals surface area contributed by atoms with Gasteiger partial charge in [0.25, 0.3) is 0 Å². The van der Waals surface area contributed by atoms with E-state index in [9.17, 15) is 4.79 Å². The zero-order valence-electron chi connectivity index (χ0n) is 12.9. The molecule has 1 unspecified atom stereocenters. The van der Waals surface area contributed by atoms with Crippen LogP contribution in [0.1, 0.15) is 23.4 Å². The van der Waals surface area contributed by atoms with Gasteiger partial charge in [0.15, 0.2) is 0 Å². The van der Waals surface area contributed by atoms with Crippen molar-refractivity contribution in [2.45, 2.75) is 32.7 Å². The van der Waals surface area contributed by atoms with Gasteiger partial charge in [0.2, 0.25) is 5.91 Å². The number of rotatable bonds is 3. The summed E-state index contributed by atoms with van der Waals surface area (Å²) < 4.78 is 5.13. The fourth-order valence-electron chi connectivity index (χ4n) is 3.30. The van der Waals surface area contributed by atoms with E-state index in [2.05, 4.69) is 15.4 Å². The number of aromatic nitrogens is 1. The average Bonchev–Trinajstić information content (AvgIpc) is 3.13. The Balaban J connectivity index is 1.53. The molecular formula is C15H24N4O2. The number of amides is 1. The van der Waals surface area contributed by atoms with E-state index in [1.165, 1.54) is 6.42 Å². The van der Waals surface area contributed by atoms with E-state index in [4.69, 9.17) is 4.52 Å². The van der Waals surface area contributed by atoms with Gasteiger partial charge in [-0.1, -0.05) is 5.16 Å². The van der Waals surface area contributed by atoms with Crippen molar-refractivity contribution in [2.24, 2.45) is 0 Å². The highest BCUT2D eigenvalue weighted by Crippen LogP contribution is 2.16. The number of carbonyl (C=O) groups is 1. The molecular weight excluding hydrogens is 268 g/mol. The fraction of sp³-hybridized carbons (Fsp3) is 0.733. The molecule has 3 rings (SSSR count). The van der Waals surface area contributed by atoms with Gasteiger partial charge in [-0.3, -0.25) is 9.69 Å². The second-order valence-corrected chi connectivity index (χ2v) is 6.04. The van der Waals surface area contributed by atoms with E-state index in [0.717, 1.165) is 56.3 Å². The predicted molar refractivity (Wildman–Crippen MR) is 79.1 cm³/mol. The molecule has 6 nitrogen and oxygen atoms in total. The molecule has 21 heavy (non-hydrogen) atoms. The second kappa shape index (κ2) is 6.15. The maximum Gasteiger partial charge on any atom is 0.227 e. The highest BCUT2D eigenvalue weighted by molar-refractivity contribution is 5.79. The van der Waals surface area contributed by atoms with Crippen molar-refractivity contribution in [1.82, 2.24) is 20.3 Å². The van der Waals surface area contributed by atoms with Gasteiger partial charge < -0.3 is 14.7 Å². The molecule has 0 aromatic carbocycles. The van der Waals surface area contributed by atoms with Crippen LogP contribution >= 0.6 is 0 Å². The standard InChI is InChI=1S/C15H24N4O2/c1-11-14(12(2)21-17-11)9-15(20)19-7-5-18(6-8-19)13-3-4-16-10-13/h13,16H,3-10H2,1-2H3. The van der Waals surface area contributed by atoms with Crippen molar-refractivity contribution in [3.8, 4) is 0 Å². The monoisotopic (exact) mass is 292 g/mol. The topological polar surface area (TPSA) is 61.6 Å². The molecule has 2 aliphatic heterocycles. The lowest BCUT2D eigenvalue weighted by Crippen LogP contribution is -2.52. The minimum Gasteiger partial charge on any atom is -0.361 e. The largest absolute Gasteiger partial charge is 0.361 e. The molecule has 1 atom stereocenters. The third-order valence-corrected chi connectivity index (χ3v) is 4.73. The highest BCUT2D eigenvalue weighted by atomic mass is 16.5. The van der Waals surface area contributed by atoms with E-state index in [1.54, 1.807) is 0 Å². The lowest BCUT2D eigenvalue weighted by Gasteiger charge is -2.37. The quantitative estimate of drug-likeness (QED) is 0.870. The Morgan fingerprint density at radius 3 is 2.67 bits per heavy atom. The van der Waals surface area contributed by atoms with Crippen LogP contribution in [0.15, 0.2) is 4.52 Å². The van der Waals surface area contributed by atoms with Crippen molar-refractivity contribution in [1.29, 1.82) is 0 Å².